The van der Waals surface area contributed by atoms with Crippen molar-refractivity contribution in [3.8, 4) is 11.5 Å². The Morgan fingerprint density at radius 1 is 0.654 bits per heavy atom. The van der Waals surface area contributed by atoms with E-state index >= 15 is 0 Å². The summed E-state index contributed by atoms with van der Waals surface area (Å²) in [7, 11) is 0. The van der Waals surface area contributed by atoms with E-state index in [-0.39, 0.29) is 20.7 Å². The SMILES string of the molecule is Cc1cc(Cc2cc(C)cc(C(C)(C)C)c2O)c(O)c(C(C)(C)C)c1.[P]. The number of hydrogen-bond acceptors (Lipinski definition) is 2. The zero-order valence-electron chi connectivity index (χ0n) is 17.4. The predicted molar refractivity (Wildman–Crippen MR) is 113 cm³/mol. The lowest BCUT2D eigenvalue weighted by Crippen LogP contribution is -2.14. The van der Waals surface area contributed by atoms with Crippen molar-refractivity contribution in [1.29, 1.82) is 0 Å². The number of rotatable bonds is 2. The van der Waals surface area contributed by atoms with Gasteiger partial charge < -0.3 is 10.2 Å². The molecule has 2 aromatic rings. The minimum Gasteiger partial charge on any atom is -0.507 e. The number of phenolic OH excluding ortho intramolecular Hbond substituents is 2. The molecule has 3 radical (unpaired) electrons. The highest BCUT2D eigenvalue weighted by molar-refractivity contribution is 6.92. The van der Waals surface area contributed by atoms with Gasteiger partial charge in [0.25, 0.3) is 0 Å². The summed E-state index contributed by atoms with van der Waals surface area (Å²) in [4.78, 5) is 0. The van der Waals surface area contributed by atoms with Gasteiger partial charge in [0, 0.05) is 16.3 Å². The molecule has 0 aliphatic carbocycles. The lowest BCUT2D eigenvalue weighted by Gasteiger charge is -2.25. The Morgan fingerprint density at radius 2 is 0.962 bits per heavy atom. The summed E-state index contributed by atoms with van der Waals surface area (Å²) < 4.78 is 0. The minimum absolute atomic E-state index is 0. The third-order valence-electron chi connectivity index (χ3n) is 4.66. The number of hydrogen-bond donors (Lipinski definition) is 2. The van der Waals surface area contributed by atoms with Crippen molar-refractivity contribution in [3.05, 3.63) is 57.6 Å². The van der Waals surface area contributed by atoms with Gasteiger partial charge in [-0.15, -0.1) is 0 Å². The Kier molecular flexibility index (Phi) is 6.59. The highest BCUT2D eigenvalue weighted by atomic mass is 31.0. The zero-order valence-corrected chi connectivity index (χ0v) is 18.3. The van der Waals surface area contributed by atoms with Crippen LogP contribution >= 0.6 is 9.90 Å². The van der Waals surface area contributed by atoms with Crippen molar-refractivity contribution < 1.29 is 10.2 Å². The van der Waals surface area contributed by atoms with Gasteiger partial charge in [0.15, 0.2) is 0 Å². The molecule has 0 atom stereocenters. The molecule has 2 nitrogen and oxygen atoms in total. The van der Waals surface area contributed by atoms with Crippen molar-refractivity contribution >= 4 is 9.90 Å². The molecule has 3 heteroatoms. The molecule has 0 aliphatic rings. The number of aryl methyl sites for hydroxylation is 2. The van der Waals surface area contributed by atoms with Crippen molar-refractivity contribution in [2.24, 2.45) is 0 Å². The molecule has 0 bridgehead atoms. The van der Waals surface area contributed by atoms with Gasteiger partial charge in [-0.1, -0.05) is 76.9 Å². The van der Waals surface area contributed by atoms with Crippen LogP contribution in [-0.4, -0.2) is 10.2 Å². The topological polar surface area (TPSA) is 40.5 Å². The van der Waals surface area contributed by atoms with Crippen LogP contribution in [0.4, 0.5) is 0 Å². The van der Waals surface area contributed by atoms with E-state index in [0.717, 1.165) is 33.4 Å². The first kappa shape index (κ1) is 22.5. The van der Waals surface area contributed by atoms with Crippen molar-refractivity contribution in [2.75, 3.05) is 0 Å². The summed E-state index contributed by atoms with van der Waals surface area (Å²) in [6, 6.07) is 8.14. The van der Waals surface area contributed by atoms with E-state index in [1.54, 1.807) is 0 Å². The maximum absolute atomic E-state index is 10.8. The summed E-state index contributed by atoms with van der Waals surface area (Å²) in [6.45, 7) is 16.7. The molecule has 0 unspecified atom stereocenters. The van der Waals surface area contributed by atoms with Crippen LogP contribution in [0.15, 0.2) is 24.3 Å². The van der Waals surface area contributed by atoms with E-state index in [1.807, 2.05) is 12.1 Å². The average molecular weight is 371 g/mol. The van der Waals surface area contributed by atoms with Crippen molar-refractivity contribution in [3.63, 3.8) is 0 Å². The monoisotopic (exact) mass is 371 g/mol. The molecule has 0 heterocycles. The smallest absolute Gasteiger partial charge is 0.122 e. The summed E-state index contributed by atoms with van der Waals surface area (Å²) in [6.07, 6.45) is 0.521. The molecule has 0 spiro atoms. The van der Waals surface area contributed by atoms with E-state index in [1.165, 1.54) is 0 Å². The molecule has 0 aliphatic heterocycles. The summed E-state index contributed by atoms with van der Waals surface area (Å²) in [5.41, 5.74) is 5.63. The molecule has 0 aromatic heterocycles. The van der Waals surface area contributed by atoms with Gasteiger partial charge in [0.05, 0.1) is 0 Å². The van der Waals surface area contributed by atoms with Gasteiger partial charge in [-0.3, -0.25) is 0 Å². The Morgan fingerprint density at radius 3 is 1.23 bits per heavy atom. The normalized spacial score (nSPS) is 12.0. The summed E-state index contributed by atoms with van der Waals surface area (Å²) in [5.74, 6) is 0.688. The quantitative estimate of drug-likeness (QED) is 0.572. The third kappa shape index (κ3) is 4.80. The van der Waals surface area contributed by atoms with E-state index in [9.17, 15) is 10.2 Å². The third-order valence-corrected chi connectivity index (χ3v) is 4.66. The first-order chi connectivity index (χ1) is 11.3. The summed E-state index contributed by atoms with van der Waals surface area (Å²) >= 11 is 0. The van der Waals surface area contributed by atoms with E-state index < -0.39 is 0 Å². The zero-order chi connectivity index (χ0) is 19.2. The van der Waals surface area contributed by atoms with Crippen LogP contribution in [0, 0.1) is 13.8 Å². The predicted octanol–water partition coefficient (Wildman–Crippen LogP) is 6.76. The van der Waals surface area contributed by atoms with Crippen LogP contribution in [0.2, 0.25) is 0 Å². The fraction of sp³-hybridized carbons (Fsp3) is 0.478. The van der Waals surface area contributed by atoms with Gasteiger partial charge in [0.1, 0.15) is 11.5 Å². The minimum atomic E-state index is -0.129. The van der Waals surface area contributed by atoms with Gasteiger partial charge >= 0.3 is 0 Å². The van der Waals surface area contributed by atoms with E-state index in [4.69, 9.17) is 0 Å². The number of benzene rings is 2. The highest BCUT2D eigenvalue weighted by Gasteiger charge is 2.24. The molecular formula is C23H32O2P. The molecule has 2 N–H and O–H groups in total. The molecule has 0 amide bonds. The van der Waals surface area contributed by atoms with Gasteiger partial charge in [-0.2, -0.15) is 0 Å². The molecule has 0 fully saturated rings. The van der Waals surface area contributed by atoms with Crippen LogP contribution in [-0.2, 0) is 17.3 Å². The maximum Gasteiger partial charge on any atom is 0.122 e. The van der Waals surface area contributed by atoms with Crippen molar-refractivity contribution in [2.45, 2.75) is 72.6 Å². The molecule has 2 aromatic carbocycles. The Labute approximate surface area is 162 Å². The average Bonchev–Trinajstić information content (AvgIpc) is 2.43. The van der Waals surface area contributed by atoms with Crippen molar-refractivity contribution in [1.82, 2.24) is 0 Å². The molecular weight excluding hydrogens is 339 g/mol. The van der Waals surface area contributed by atoms with E-state index in [0.29, 0.717) is 17.9 Å². The fourth-order valence-corrected chi connectivity index (χ4v) is 3.33. The first-order valence-corrected chi connectivity index (χ1v) is 8.96. The molecule has 0 saturated carbocycles. The Bertz CT molecular complexity index is 726. The van der Waals surface area contributed by atoms with Crippen LogP contribution in [0.1, 0.15) is 74.9 Å². The second-order valence-electron chi connectivity index (χ2n) is 9.32. The fourth-order valence-electron chi connectivity index (χ4n) is 3.33. The second-order valence-corrected chi connectivity index (χ2v) is 9.32. The Balaban J connectivity index is 0.00000338. The number of aromatic hydroxyl groups is 2. The van der Waals surface area contributed by atoms with Gasteiger partial charge in [-0.05, 0) is 46.9 Å². The first-order valence-electron chi connectivity index (χ1n) is 8.96. The molecule has 141 valence electrons. The summed E-state index contributed by atoms with van der Waals surface area (Å²) in [5, 5.41) is 21.6. The molecule has 0 saturated heterocycles. The Hall–Kier alpha value is -1.53. The lowest BCUT2D eigenvalue weighted by molar-refractivity contribution is 0.435. The van der Waals surface area contributed by atoms with Gasteiger partial charge in [-0.25, -0.2) is 0 Å². The standard InChI is InChI=1S/C23H32O2.P/c1-14-9-16(20(24)18(11-14)22(3,4)5)13-17-10-15(2)12-19(21(17)25)23(6,7)8;/h9-12,24-25H,13H2,1-8H3;. The second kappa shape index (κ2) is 7.61. The lowest BCUT2D eigenvalue weighted by atomic mass is 9.81. The largest absolute Gasteiger partial charge is 0.507 e. The maximum atomic E-state index is 10.8. The molecule has 26 heavy (non-hydrogen) atoms. The molecule has 2 rings (SSSR count). The van der Waals surface area contributed by atoms with Gasteiger partial charge in [0.2, 0.25) is 0 Å². The van der Waals surface area contributed by atoms with Crippen LogP contribution in [0.3, 0.4) is 0 Å². The van der Waals surface area contributed by atoms with Crippen LogP contribution in [0.5, 0.6) is 11.5 Å². The number of phenols is 2. The van der Waals surface area contributed by atoms with E-state index in [2.05, 4.69) is 67.5 Å². The van der Waals surface area contributed by atoms with Crippen LogP contribution < -0.4 is 0 Å². The highest BCUT2D eigenvalue weighted by Crippen LogP contribution is 2.39. The van der Waals surface area contributed by atoms with Crippen LogP contribution in [0.25, 0.3) is 0 Å².